The molecule has 3 heterocycles. The SMILES string of the molecule is CC(C)[Si]1(C(C)C)OC[C@H]2O[C@@H](n3ccc(=O)[nH]c3=O)[C@H](CCCO)[C@@H]2O[Si](C(C)C)(C(C)C)O1. The second kappa shape index (κ2) is 11.1. The molecule has 0 aliphatic carbocycles. The van der Waals surface area contributed by atoms with E-state index in [-0.39, 0.29) is 46.9 Å². The zero-order valence-corrected chi connectivity index (χ0v) is 24.4. The molecule has 0 amide bonds. The molecule has 3 rings (SSSR count). The molecule has 2 saturated heterocycles. The molecule has 11 heteroatoms. The Morgan fingerprint density at radius 2 is 1.63 bits per heavy atom. The highest BCUT2D eigenvalue weighted by molar-refractivity contribution is 6.83. The molecule has 1 aromatic heterocycles. The van der Waals surface area contributed by atoms with Gasteiger partial charge in [0.25, 0.3) is 5.56 Å². The molecule has 0 bridgehead atoms. The van der Waals surface area contributed by atoms with E-state index in [0.29, 0.717) is 19.4 Å². The van der Waals surface area contributed by atoms with Crippen molar-refractivity contribution in [2.45, 2.75) is 109 Å². The number of hydrogen-bond acceptors (Lipinski definition) is 7. The highest BCUT2D eigenvalue weighted by atomic mass is 28.5. The first-order valence-corrected chi connectivity index (χ1v) is 16.9. The number of aromatic nitrogens is 2. The van der Waals surface area contributed by atoms with Crippen molar-refractivity contribution < 1.29 is 22.8 Å². The molecule has 0 saturated carbocycles. The van der Waals surface area contributed by atoms with Crippen molar-refractivity contribution in [3.05, 3.63) is 33.1 Å². The average molecular weight is 529 g/mol. The van der Waals surface area contributed by atoms with Crippen LogP contribution in [0.2, 0.25) is 22.2 Å². The van der Waals surface area contributed by atoms with Gasteiger partial charge in [-0.3, -0.25) is 14.3 Å². The van der Waals surface area contributed by atoms with Gasteiger partial charge in [0, 0.05) is 24.8 Å². The summed E-state index contributed by atoms with van der Waals surface area (Å²) < 4.78 is 29.2. The van der Waals surface area contributed by atoms with E-state index < -0.39 is 34.6 Å². The Balaban J connectivity index is 2.13. The van der Waals surface area contributed by atoms with Gasteiger partial charge in [-0.15, -0.1) is 0 Å². The van der Waals surface area contributed by atoms with Crippen LogP contribution in [0.4, 0.5) is 0 Å². The minimum absolute atomic E-state index is 0.0295. The fraction of sp³-hybridized carbons (Fsp3) is 0.833. The first kappa shape index (κ1) is 28.5. The summed E-state index contributed by atoms with van der Waals surface area (Å²) in [7, 11) is -5.56. The molecular formula is C24H44N2O7Si2. The van der Waals surface area contributed by atoms with E-state index in [2.05, 4.69) is 60.4 Å². The zero-order chi connectivity index (χ0) is 26.1. The third-order valence-corrected chi connectivity index (χ3v) is 17.9. The smallest absolute Gasteiger partial charge is 0.335 e. The summed E-state index contributed by atoms with van der Waals surface area (Å²) in [6, 6.07) is 1.32. The topological polar surface area (TPSA) is 112 Å². The predicted octanol–water partition coefficient (Wildman–Crippen LogP) is 3.78. The number of rotatable bonds is 8. The van der Waals surface area contributed by atoms with Crippen LogP contribution in [0.3, 0.4) is 0 Å². The second-order valence-electron chi connectivity index (χ2n) is 11.2. The molecule has 0 spiro atoms. The largest absolute Gasteiger partial charge is 0.414 e. The first-order valence-electron chi connectivity index (χ1n) is 13.0. The predicted molar refractivity (Wildman–Crippen MR) is 139 cm³/mol. The van der Waals surface area contributed by atoms with Crippen molar-refractivity contribution >= 4 is 17.1 Å². The zero-order valence-electron chi connectivity index (χ0n) is 22.4. The van der Waals surface area contributed by atoms with E-state index in [1.807, 2.05) is 0 Å². The lowest BCUT2D eigenvalue weighted by atomic mass is 9.94. The fourth-order valence-electron chi connectivity index (χ4n) is 5.76. The van der Waals surface area contributed by atoms with Crippen molar-refractivity contribution in [2.75, 3.05) is 13.2 Å². The molecule has 2 N–H and O–H groups in total. The Bertz CT molecular complexity index is 946. The van der Waals surface area contributed by atoms with Gasteiger partial charge in [-0.2, -0.15) is 0 Å². The van der Waals surface area contributed by atoms with E-state index in [1.54, 1.807) is 0 Å². The molecule has 200 valence electrons. The van der Waals surface area contributed by atoms with Crippen molar-refractivity contribution in [2.24, 2.45) is 5.92 Å². The van der Waals surface area contributed by atoms with E-state index in [4.69, 9.17) is 17.7 Å². The van der Waals surface area contributed by atoms with Crippen molar-refractivity contribution in [1.29, 1.82) is 0 Å². The van der Waals surface area contributed by atoms with Crippen LogP contribution in [0.1, 0.15) is 74.5 Å². The molecule has 35 heavy (non-hydrogen) atoms. The average Bonchev–Trinajstić information content (AvgIpc) is 3.07. The summed E-state index contributed by atoms with van der Waals surface area (Å²) >= 11 is 0. The van der Waals surface area contributed by atoms with Gasteiger partial charge in [0.15, 0.2) is 0 Å². The van der Waals surface area contributed by atoms with Crippen LogP contribution in [0.25, 0.3) is 0 Å². The van der Waals surface area contributed by atoms with Gasteiger partial charge in [-0.1, -0.05) is 55.4 Å². The molecule has 2 fully saturated rings. The second-order valence-corrected chi connectivity index (χ2v) is 20.0. The highest BCUT2D eigenvalue weighted by Crippen LogP contribution is 2.50. The summed E-state index contributed by atoms with van der Waals surface area (Å²) in [5.41, 5.74) is -0.198. The number of aromatic amines is 1. The van der Waals surface area contributed by atoms with Crippen LogP contribution >= 0.6 is 0 Å². The van der Waals surface area contributed by atoms with Crippen LogP contribution in [0.5, 0.6) is 0 Å². The van der Waals surface area contributed by atoms with Crippen molar-refractivity contribution in [3.63, 3.8) is 0 Å². The molecule has 2 aliphatic rings. The third kappa shape index (κ3) is 5.32. The quantitative estimate of drug-likeness (QED) is 0.494. The number of fused-ring (bicyclic) bond motifs is 1. The van der Waals surface area contributed by atoms with Crippen LogP contribution < -0.4 is 11.2 Å². The Labute approximate surface area is 210 Å². The van der Waals surface area contributed by atoms with Gasteiger partial charge >= 0.3 is 22.8 Å². The van der Waals surface area contributed by atoms with Crippen molar-refractivity contribution in [1.82, 2.24) is 9.55 Å². The number of nitrogens with one attached hydrogen (secondary N) is 1. The fourth-order valence-corrected chi connectivity index (χ4v) is 17.0. The Morgan fingerprint density at radius 1 is 1.03 bits per heavy atom. The molecule has 9 nitrogen and oxygen atoms in total. The van der Waals surface area contributed by atoms with Gasteiger partial charge in [0.05, 0.1) is 12.7 Å². The standard InChI is InChI=1S/C24H44N2O7Si2/c1-15(2)34(16(3)4)30-14-20-22(32-35(33-34,17(5)6)18(7)8)19(10-9-13-27)23(31-20)26-12-11-21(28)25-24(26)29/h11-12,15-20,22-23,27H,9-10,13-14H2,1-8H3,(H,25,28,29)/t19-,20-,22+,23-/m1/s1. The Morgan fingerprint density at radius 3 is 2.14 bits per heavy atom. The lowest BCUT2D eigenvalue weighted by Crippen LogP contribution is -2.65. The normalized spacial score (nSPS) is 28.5. The minimum Gasteiger partial charge on any atom is -0.414 e. The lowest BCUT2D eigenvalue weighted by molar-refractivity contribution is -0.0575. The molecule has 4 atom stereocenters. The van der Waals surface area contributed by atoms with Crippen molar-refractivity contribution in [3.8, 4) is 0 Å². The lowest BCUT2D eigenvalue weighted by Gasteiger charge is -2.51. The van der Waals surface area contributed by atoms with E-state index in [9.17, 15) is 14.7 Å². The summed E-state index contributed by atoms with van der Waals surface area (Å²) in [5, 5.41) is 9.61. The number of nitrogens with zero attached hydrogens (tertiary/aromatic N) is 1. The highest BCUT2D eigenvalue weighted by Gasteiger charge is 2.61. The van der Waals surface area contributed by atoms with Crippen LogP contribution in [0, 0.1) is 5.92 Å². The first-order chi connectivity index (χ1) is 16.4. The Kier molecular flexibility index (Phi) is 9.05. The molecule has 2 aliphatic heterocycles. The molecule has 1 aromatic rings. The van der Waals surface area contributed by atoms with E-state index in [1.165, 1.54) is 16.8 Å². The van der Waals surface area contributed by atoms with E-state index >= 15 is 0 Å². The maximum absolute atomic E-state index is 12.7. The number of aliphatic hydroxyl groups is 1. The monoisotopic (exact) mass is 528 g/mol. The number of aliphatic hydroxyl groups excluding tert-OH is 1. The molecular weight excluding hydrogens is 484 g/mol. The third-order valence-electron chi connectivity index (χ3n) is 7.62. The summed E-state index contributed by atoms with van der Waals surface area (Å²) in [6.07, 6.45) is 1.25. The maximum Gasteiger partial charge on any atom is 0.335 e. The van der Waals surface area contributed by atoms with Crippen LogP contribution in [-0.2, 0) is 17.7 Å². The minimum atomic E-state index is -2.85. The van der Waals surface area contributed by atoms with Crippen LogP contribution in [-0.4, -0.2) is 57.2 Å². The van der Waals surface area contributed by atoms with Gasteiger partial charge in [0.2, 0.25) is 0 Å². The number of ether oxygens (including phenoxy) is 1. The Hall–Kier alpha value is -1.09. The number of hydrogen-bond donors (Lipinski definition) is 2. The molecule has 0 radical (unpaired) electrons. The van der Waals surface area contributed by atoms with Gasteiger partial charge in [0.1, 0.15) is 12.3 Å². The van der Waals surface area contributed by atoms with Crippen LogP contribution in [0.15, 0.2) is 21.9 Å². The summed E-state index contributed by atoms with van der Waals surface area (Å²) in [4.78, 5) is 26.7. The number of H-pyrrole nitrogens is 1. The maximum atomic E-state index is 12.7. The van der Waals surface area contributed by atoms with Gasteiger partial charge in [-0.05, 0) is 35.0 Å². The van der Waals surface area contributed by atoms with E-state index in [0.717, 1.165) is 0 Å². The van der Waals surface area contributed by atoms with Gasteiger partial charge < -0.3 is 22.8 Å². The summed E-state index contributed by atoms with van der Waals surface area (Å²) in [6.45, 7) is 17.7. The summed E-state index contributed by atoms with van der Waals surface area (Å²) in [5.74, 6) is -0.209. The molecule has 0 aromatic carbocycles. The molecule has 0 unspecified atom stereocenters. The van der Waals surface area contributed by atoms with Gasteiger partial charge in [-0.25, -0.2) is 4.79 Å².